The fourth-order valence-corrected chi connectivity index (χ4v) is 1.10. The van der Waals surface area contributed by atoms with E-state index in [-0.39, 0.29) is 5.88 Å². The number of rotatable bonds is 2. The highest BCUT2D eigenvalue weighted by atomic mass is 79.9. The Kier molecular flexibility index (Phi) is 4.11. The Morgan fingerprint density at radius 2 is 2.08 bits per heavy atom. The van der Waals surface area contributed by atoms with Crippen LogP contribution >= 0.6 is 28.6 Å². The first-order chi connectivity index (χ1) is 6.22. The second kappa shape index (κ2) is 5.14. The molecule has 0 radical (unpaired) electrons. The second-order valence-electron chi connectivity index (χ2n) is 2.18. The Labute approximate surface area is 90.0 Å². The van der Waals surface area contributed by atoms with Crippen molar-refractivity contribution in [3.8, 4) is 5.75 Å². The van der Waals surface area contributed by atoms with E-state index in [9.17, 15) is 4.79 Å². The SMILES string of the molecule is O=C(NCS)Oc1ccc(Br)cc1. The summed E-state index contributed by atoms with van der Waals surface area (Å²) in [6.07, 6.45) is -0.502. The van der Waals surface area contributed by atoms with Gasteiger partial charge in [0.15, 0.2) is 0 Å². The van der Waals surface area contributed by atoms with Crippen LogP contribution in [0.4, 0.5) is 4.79 Å². The molecule has 0 aliphatic heterocycles. The molecule has 0 aliphatic carbocycles. The summed E-state index contributed by atoms with van der Waals surface area (Å²) in [5.41, 5.74) is 0. The van der Waals surface area contributed by atoms with Gasteiger partial charge >= 0.3 is 6.09 Å². The molecule has 70 valence electrons. The molecule has 0 saturated heterocycles. The summed E-state index contributed by atoms with van der Waals surface area (Å²) in [5.74, 6) is 0.762. The van der Waals surface area contributed by atoms with Crippen molar-refractivity contribution in [2.24, 2.45) is 0 Å². The predicted octanol–water partition coefficient (Wildman–Crippen LogP) is 2.42. The van der Waals surface area contributed by atoms with Crippen molar-refractivity contribution in [1.29, 1.82) is 0 Å². The third-order valence-corrected chi connectivity index (χ3v) is 1.93. The molecule has 1 aromatic rings. The Hall–Kier alpha value is -0.680. The lowest BCUT2D eigenvalue weighted by molar-refractivity contribution is 0.202. The van der Waals surface area contributed by atoms with E-state index in [2.05, 4.69) is 33.9 Å². The van der Waals surface area contributed by atoms with Crippen LogP contribution < -0.4 is 10.1 Å². The van der Waals surface area contributed by atoms with E-state index in [4.69, 9.17) is 4.74 Å². The van der Waals surface area contributed by atoms with Gasteiger partial charge in [-0.15, -0.1) is 0 Å². The summed E-state index contributed by atoms with van der Waals surface area (Å²) in [7, 11) is 0. The van der Waals surface area contributed by atoms with Crippen molar-refractivity contribution in [2.45, 2.75) is 0 Å². The number of carbonyl (C=O) groups is 1. The van der Waals surface area contributed by atoms with Crippen LogP contribution in [0.2, 0.25) is 0 Å². The maximum atomic E-state index is 10.9. The zero-order valence-corrected chi connectivity index (χ0v) is 9.14. The van der Waals surface area contributed by atoms with Crippen LogP contribution in [0.15, 0.2) is 28.7 Å². The quantitative estimate of drug-likeness (QED) is 0.634. The van der Waals surface area contributed by atoms with E-state index in [1.165, 1.54) is 0 Å². The van der Waals surface area contributed by atoms with Crippen LogP contribution in [0.3, 0.4) is 0 Å². The molecule has 3 nitrogen and oxygen atoms in total. The Balaban J connectivity index is 2.54. The molecule has 0 unspecified atom stereocenters. The number of carbonyl (C=O) groups excluding carboxylic acids is 1. The second-order valence-corrected chi connectivity index (χ2v) is 3.41. The minimum Gasteiger partial charge on any atom is -0.410 e. The van der Waals surface area contributed by atoms with Crippen molar-refractivity contribution in [3.63, 3.8) is 0 Å². The minimum atomic E-state index is -0.502. The lowest BCUT2D eigenvalue weighted by Crippen LogP contribution is -2.25. The van der Waals surface area contributed by atoms with Crippen LogP contribution in [0.25, 0.3) is 0 Å². The molecular formula is C8H8BrNO2S. The summed E-state index contributed by atoms with van der Waals surface area (Å²) in [4.78, 5) is 10.9. The van der Waals surface area contributed by atoms with Gasteiger partial charge in [0.1, 0.15) is 5.75 Å². The van der Waals surface area contributed by atoms with Crippen LogP contribution in [-0.2, 0) is 0 Å². The molecule has 1 rings (SSSR count). The maximum absolute atomic E-state index is 10.9. The van der Waals surface area contributed by atoms with Gasteiger partial charge in [0, 0.05) is 4.47 Å². The van der Waals surface area contributed by atoms with Crippen molar-refractivity contribution in [1.82, 2.24) is 5.32 Å². The number of ether oxygens (including phenoxy) is 1. The molecule has 0 aromatic heterocycles. The number of nitrogens with one attached hydrogen (secondary N) is 1. The highest BCUT2D eigenvalue weighted by molar-refractivity contribution is 9.10. The highest BCUT2D eigenvalue weighted by Crippen LogP contribution is 2.15. The molecule has 1 aromatic carbocycles. The normalized spacial score (nSPS) is 9.38. The van der Waals surface area contributed by atoms with Crippen LogP contribution in [0, 0.1) is 0 Å². The van der Waals surface area contributed by atoms with Gasteiger partial charge in [0.2, 0.25) is 0 Å². The lowest BCUT2D eigenvalue weighted by Gasteiger charge is -2.03. The van der Waals surface area contributed by atoms with E-state index in [1.807, 2.05) is 0 Å². The van der Waals surface area contributed by atoms with Crippen LogP contribution in [-0.4, -0.2) is 12.0 Å². The first-order valence-electron chi connectivity index (χ1n) is 3.54. The average Bonchev–Trinajstić information content (AvgIpc) is 2.09. The van der Waals surface area contributed by atoms with Gasteiger partial charge in [-0.3, -0.25) is 0 Å². The number of hydrogen-bond acceptors (Lipinski definition) is 3. The van der Waals surface area contributed by atoms with Gasteiger partial charge in [0.25, 0.3) is 0 Å². The zero-order chi connectivity index (χ0) is 9.68. The molecule has 0 atom stereocenters. The lowest BCUT2D eigenvalue weighted by atomic mass is 10.3. The molecule has 0 spiro atoms. The third-order valence-electron chi connectivity index (χ3n) is 1.25. The molecule has 1 N–H and O–H groups in total. The summed E-state index contributed by atoms with van der Waals surface area (Å²) in [6, 6.07) is 6.98. The van der Waals surface area contributed by atoms with Gasteiger partial charge < -0.3 is 10.1 Å². The number of halogens is 1. The highest BCUT2D eigenvalue weighted by Gasteiger charge is 2.01. The Morgan fingerprint density at radius 3 is 2.62 bits per heavy atom. The van der Waals surface area contributed by atoms with Gasteiger partial charge in [-0.05, 0) is 24.3 Å². The minimum absolute atomic E-state index is 0.259. The van der Waals surface area contributed by atoms with Gasteiger partial charge in [-0.2, -0.15) is 12.6 Å². The summed E-state index contributed by atoms with van der Waals surface area (Å²) >= 11 is 7.10. The standard InChI is InChI=1S/C8H8BrNO2S/c9-6-1-3-7(4-2-6)12-8(11)10-5-13/h1-4,13H,5H2,(H,10,11). The summed E-state index contributed by atoms with van der Waals surface area (Å²) < 4.78 is 5.83. The first kappa shape index (κ1) is 10.4. The first-order valence-corrected chi connectivity index (χ1v) is 4.97. The van der Waals surface area contributed by atoms with Gasteiger partial charge in [-0.25, -0.2) is 4.79 Å². The van der Waals surface area contributed by atoms with Gasteiger partial charge in [-0.1, -0.05) is 15.9 Å². The molecule has 1 amide bonds. The van der Waals surface area contributed by atoms with Crippen molar-refractivity contribution in [3.05, 3.63) is 28.7 Å². The number of amides is 1. The largest absolute Gasteiger partial charge is 0.413 e. The van der Waals surface area contributed by atoms with Crippen molar-refractivity contribution >= 4 is 34.7 Å². The van der Waals surface area contributed by atoms with Crippen LogP contribution in [0.5, 0.6) is 5.75 Å². The molecule has 5 heteroatoms. The average molecular weight is 262 g/mol. The smallest absolute Gasteiger partial charge is 0.410 e. The maximum Gasteiger partial charge on any atom is 0.413 e. The van der Waals surface area contributed by atoms with Crippen molar-refractivity contribution < 1.29 is 9.53 Å². The summed E-state index contributed by atoms with van der Waals surface area (Å²) in [5, 5.41) is 2.40. The topological polar surface area (TPSA) is 38.3 Å². The predicted molar refractivity (Wildman–Crippen MR) is 57.2 cm³/mol. The van der Waals surface area contributed by atoms with E-state index in [0.717, 1.165) is 4.47 Å². The third kappa shape index (κ3) is 3.69. The Morgan fingerprint density at radius 1 is 1.46 bits per heavy atom. The fraction of sp³-hybridized carbons (Fsp3) is 0.125. The van der Waals surface area contributed by atoms with E-state index >= 15 is 0 Å². The zero-order valence-electron chi connectivity index (χ0n) is 6.66. The molecule has 0 heterocycles. The Bertz CT molecular complexity index is 289. The molecule has 0 aliphatic rings. The van der Waals surface area contributed by atoms with Crippen molar-refractivity contribution in [2.75, 3.05) is 5.88 Å². The van der Waals surface area contributed by atoms with E-state index in [1.54, 1.807) is 24.3 Å². The summed E-state index contributed by atoms with van der Waals surface area (Å²) in [6.45, 7) is 0. The number of hydrogen-bond donors (Lipinski definition) is 2. The van der Waals surface area contributed by atoms with Gasteiger partial charge in [0.05, 0.1) is 5.88 Å². The molecule has 13 heavy (non-hydrogen) atoms. The van der Waals surface area contributed by atoms with E-state index < -0.39 is 6.09 Å². The number of benzene rings is 1. The molecular weight excluding hydrogens is 254 g/mol. The molecule has 0 fully saturated rings. The number of thiol groups is 1. The van der Waals surface area contributed by atoms with E-state index in [0.29, 0.717) is 5.75 Å². The fourth-order valence-electron chi connectivity index (χ4n) is 0.710. The van der Waals surface area contributed by atoms with Crippen LogP contribution in [0.1, 0.15) is 0 Å². The monoisotopic (exact) mass is 261 g/mol. The molecule has 0 saturated carbocycles. The molecule has 0 bridgehead atoms.